The number of anilines is 3. The molecule has 1 nitrogen and oxygen atoms in total. The van der Waals surface area contributed by atoms with Crippen LogP contribution in [0.25, 0.3) is 75.5 Å². The summed E-state index contributed by atoms with van der Waals surface area (Å²) in [6.45, 7) is 0. The van der Waals surface area contributed by atoms with Gasteiger partial charge >= 0.3 is 0 Å². The molecule has 0 aliphatic rings. The highest BCUT2D eigenvalue weighted by molar-refractivity contribution is 7.27. The maximum absolute atomic E-state index is 6.51. The van der Waals surface area contributed by atoms with Gasteiger partial charge < -0.3 is 4.90 Å². The molecule has 0 N–H and O–H groups in total. The molecule has 0 bridgehead atoms. The first-order valence-corrected chi connectivity index (χ1v) is 20.3. The molecule has 7 heteroatoms. The number of hydrogen-bond donors (Lipinski definition) is 0. The van der Waals surface area contributed by atoms with Gasteiger partial charge in [-0.2, -0.15) is 0 Å². The Morgan fingerprint density at radius 1 is 0.339 bits per heavy atom. The summed E-state index contributed by atoms with van der Waals surface area (Å²) in [5.41, 5.74) is 12.7. The lowest BCUT2D eigenvalue weighted by Gasteiger charge is -2.27. The molecule has 9 aromatic carbocycles. The van der Waals surface area contributed by atoms with Crippen LogP contribution in [0.4, 0.5) is 17.1 Å². The van der Waals surface area contributed by atoms with Crippen molar-refractivity contribution >= 4 is 126 Å². The Morgan fingerprint density at radius 3 is 1.54 bits per heavy atom. The van der Waals surface area contributed by atoms with Crippen LogP contribution >= 0.6 is 11.3 Å². The van der Waals surface area contributed by atoms with E-state index in [4.69, 9.17) is 39.2 Å². The van der Waals surface area contributed by atoms with Gasteiger partial charge in [-0.25, -0.2) is 0 Å². The number of fused-ring (bicyclic) bond motifs is 4. The van der Waals surface area contributed by atoms with Crippen LogP contribution in [0.2, 0.25) is 0 Å². The molecule has 10 rings (SSSR count). The highest BCUT2D eigenvalue weighted by Gasteiger charge is 2.21. The quantitative estimate of drug-likeness (QED) is 0.147. The standard InChI is InChI=1S/C52H30B5NS/c53-46-45(47(54)49(56)50(57)48(46)55)35-23-27-38(28-24-35)58(37-25-21-34(22-26-37)40-18-9-16-32-15-7-8-17-39(32)40)44-20-10-19-41-43-30-36(31-11-3-1-4-12-31)29-42(51(43)59-52(41)44)33-13-5-2-6-14-33/h1-30H. The van der Waals surface area contributed by atoms with E-state index in [-0.39, 0.29) is 16.4 Å². The summed E-state index contributed by atoms with van der Waals surface area (Å²) in [7, 11) is 31.7. The fraction of sp³-hybridized carbons (Fsp3) is 0. The normalized spacial score (nSPS) is 11.4. The largest absolute Gasteiger partial charge is 0.309 e. The van der Waals surface area contributed by atoms with Crippen LogP contribution in [-0.4, -0.2) is 39.2 Å². The molecule has 0 spiro atoms. The fourth-order valence-electron chi connectivity index (χ4n) is 8.32. The van der Waals surface area contributed by atoms with Crippen molar-refractivity contribution < 1.29 is 0 Å². The van der Waals surface area contributed by atoms with E-state index in [0.29, 0.717) is 16.5 Å². The fourth-order valence-corrected chi connectivity index (χ4v) is 9.64. The molecular weight excluding hydrogens is 725 g/mol. The van der Waals surface area contributed by atoms with E-state index in [1.165, 1.54) is 58.8 Å². The van der Waals surface area contributed by atoms with Gasteiger partial charge in [0, 0.05) is 32.4 Å². The molecule has 59 heavy (non-hydrogen) atoms. The van der Waals surface area contributed by atoms with E-state index >= 15 is 0 Å². The number of rotatable bonds is 7. The molecule has 264 valence electrons. The lowest BCUT2D eigenvalue weighted by atomic mass is 9.60. The molecule has 0 atom stereocenters. The van der Waals surface area contributed by atoms with E-state index in [0.717, 1.165) is 28.2 Å². The van der Waals surface area contributed by atoms with Gasteiger partial charge in [0.25, 0.3) is 0 Å². The Bertz CT molecular complexity index is 3160. The second kappa shape index (κ2) is 15.1. The molecule has 0 amide bonds. The highest BCUT2D eigenvalue weighted by atomic mass is 32.1. The molecule has 10 radical (unpaired) electrons. The van der Waals surface area contributed by atoms with Crippen molar-refractivity contribution in [2.45, 2.75) is 0 Å². The van der Waals surface area contributed by atoms with Gasteiger partial charge in [-0.15, -0.1) is 27.7 Å². The van der Waals surface area contributed by atoms with Crippen molar-refractivity contribution in [2.75, 3.05) is 4.90 Å². The SMILES string of the molecule is [B]c1c([B])c([B])c(-c2ccc(N(c3ccc(-c4cccc5ccccc45)cc3)c3cccc4c3sc3c(-c5ccccc5)cc(-c5ccccc5)cc34)cc2)c([B])c1[B]. The minimum atomic E-state index is 0.196. The van der Waals surface area contributed by atoms with E-state index in [1.54, 1.807) is 0 Å². The molecular formula is C52H30B5NS. The predicted molar refractivity (Wildman–Crippen MR) is 260 cm³/mol. The zero-order valence-corrected chi connectivity index (χ0v) is 32.9. The van der Waals surface area contributed by atoms with Gasteiger partial charge in [0.1, 0.15) is 39.2 Å². The summed E-state index contributed by atoms with van der Waals surface area (Å²) in [4.78, 5) is 2.33. The third kappa shape index (κ3) is 6.42. The van der Waals surface area contributed by atoms with Crippen LogP contribution in [0.5, 0.6) is 0 Å². The Morgan fingerprint density at radius 2 is 0.864 bits per heavy atom. The summed E-state index contributed by atoms with van der Waals surface area (Å²) in [6.07, 6.45) is 0. The maximum atomic E-state index is 6.51. The van der Waals surface area contributed by atoms with Crippen molar-refractivity contribution in [1.82, 2.24) is 0 Å². The van der Waals surface area contributed by atoms with Gasteiger partial charge in [0.15, 0.2) is 0 Å². The summed E-state index contributed by atoms with van der Waals surface area (Å²) >= 11 is 1.83. The molecule has 0 saturated heterocycles. The second-order valence-electron chi connectivity index (χ2n) is 14.8. The van der Waals surface area contributed by atoms with Crippen LogP contribution in [0.15, 0.2) is 182 Å². The number of thiophene rings is 1. The van der Waals surface area contributed by atoms with Crippen molar-refractivity contribution in [3.05, 3.63) is 182 Å². The van der Waals surface area contributed by atoms with E-state index in [9.17, 15) is 0 Å². The lowest BCUT2D eigenvalue weighted by molar-refractivity contribution is 1.30. The van der Waals surface area contributed by atoms with Gasteiger partial charge in [-0.05, 0) is 92.2 Å². The first kappa shape index (κ1) is 36.9. The number of hydrogen-bond acceptors (Lipinski definition) is 2. The zero-order valence-electron chi connectivity index (χ0n) is 32.1. The first-order chi connectivity index (χ1) is 28.9. The van der Waals surface area contributed by atoms with E-state index in [1.807, 2.05) is 23.5 Å². The Hall–Kier alpha value is -6.42. The third-order valence-corrected chi connectivity index (χ3v) is 12.6. The highest BCUT2D eigenvalue weighted by Crippen LogP contribution is 2.48. The minimum absolute atomic E-state index is 0.196. The molecule has 0 saturated carbocycles. The van der Waals surface area contributed by atoms with Gasteiger partial charge in [0.05, 0.1) is 10.4 Å². The van der Waals surface area contributed by atoms with Crippen LogP contribution in [0, 0.1) is 0 Å². The van der Waals surface area contributed by atoms with Crippen LogP contribution in [-0.2, 0) is 0 Å². The third-order valence-electron chi connectivity index (χ3n) is 11.3. The minimum Gasteiger partial charge on any atom is -0.309 e. The number of benzene rings is 9. The average Bonchev–Trinajstić information content (AvgIpc) is 3.68. The van der Waals surface area contributed by atoms with Crippen molar-refractivity contribution in [3.8, 4) is 44.5 Å². The topological polar surface area (TPSA) is 3.24 Å². The average molecular weight is 755 g/mol. The summed E-state index contributed by atoms with van der Waals surface area (Å²) in [6, 6.07) is 64.6. The van der Waals surface area contributed by atoms with E-state index < -0.39 is 0 Å². The van der Waals surface area contributed by atoms with Crippen molar-refractivity contribution in [2.24, 2.45) is 0 Å². The Labute approximate surface area is 355 Å². The Balaban J connectivity index is 1.18. The smallest absolute Gasteiger partial charge is 0.113 e. The van der Waals surface area contributed by atoms with Crippen molar-refractivity contribution in [1.29, 1.82) is 0 Å². The zero-order chi connectivity index (χ0) is 40.2. The molecule has 0 aliphatic heterocycles. The molecule has 0 fully saturated rings. The van der Waals surface area contributed by atoms with Crippen LogP contribution < -0.4 is 32.2 Å². The van der Waals surface area contributed by atoms with E-state index in [2.05, 4.69) is 175 Å². The molecule has 1 heterocycles. The van der Waals surface area contributed by atoms with Gasteiger partial charge in [0.2, 0.25) is 0 Å². The first-order valence-electron chi connectivity index (χ1n) is 19.5. The Kier molecular flexibility index (Phi) is 9.42. The predicted octanol–water partition coefficient (Wildman–Crippen LogP) is 9.31. The molecule has 1 aromatic heterocycles. The summed E-state index contributed by atoms with van der Waals surface area (Å²) in [5, 5.41) is 4.85. The number of nitrogens with zero attached hydrogens (tertiary/aromatic N) is 1. The monoisotopic (exact) mass is 755 g/mol. The van der Waals surface area contributed by atoms with Crippen molar-refractivity contribution in [3.63, 3.8) is 0 Å². The lowest BCUT2D eigenvalue weighted by Crippen LogP contribution is -2.55. The summed E-state index contributed by atoms with van der Waals surface area (Å²) in [5.74, 6) is 0. The molecule has 0 unspecified atom stereocenters. The van der Waals surface area contributed by atoms with Gasteiger partial charge in [-0.1, -0.05) is 150 Å². The van der Waals surface area contributed by atoms with Crippen LogP contribution in [0.1, 0.15) is 0 Å². The molecule has 0 aliphatic carbocycles. The maximum Gasteiger partial charge on any atom is 0.113 e. The second-order valence-corrected chi connectivity index (χ2v) is 15.8. The van der Waals surface area contributed by atoms with Crippen LogP contribution in [0.3, 0.4) is 0 Å². The molecule has 10 aromatic rings. The van der Waals surface area contributed by atoms with Gasteiger partial charge in [-0.3, -0.25) is 0 Å². The summed E-state index contributed by atoms with van der Waals surface area (Å²) < 4.78 is 2.42.